The summed E-state index contributed by atoms with van der Waals surface area (Å²) in [6.07, 6.45) is 14.9. The quantitative estimate of drug-likeness (QED) is 0.266. The molecule has 0 aliphatic rings. The zero-order chi connectivity index (χ0) is 12.8. The molecule has 0 rings (SSSR count). The molecule has 0 saturated heterocycles. The first-order valence-electron chi connectivity index (χ1n) is 8.18. The van der Waals surface area contributed by atoms with Gasteiger partial charge in [-0.05, 0) is 0 Å². The Hall–Kier alpha value is 0.799. The van der Waals surface area contributed by atoms with Crippen LogP contribution in [0.25, 0.3) is 0 Å². The normalized spacial score (nSPS) is 10.8. The van der Waals surface area contributed by atoms with Gasteiger partial charge in [-0.3, -0.25) is 0 Å². The SMILES string of the molecule is CCCCCCC[CH2][Sn+]([CH2]CCC)[CH2]CCC. The van der Waals surface area contributed by atoms with E-state index in [4.69, 9.17) is 0 Å². The predicted molar refractivity (Wildman–Crippen MR) is 83.4 cm³/mol. The van der Waals surface area contributed by atoms with E-state index in [0.29, 0.717) is 0 Å². The molecule has 0 aliphatic heterocycles. The van der Waals surface area contributed by atoms with E-state index in [2.05, 4.69) is 20.8 Å². The van der Waals surface area contributed by atoms with Gasteiger partial charge >= 0.3 is 118 Å². The van der Waals surface area contributed by atoms with Crippen molar-refractivity contribution >= 4 is 19.8 Å². The van der Waals surface area contributed by atoms with E-state index in [9.17, 15) is 0 Å². The minimum absolute atomic E-state index is 0.898. The summed E-state index contributed by atoms with van der Waals surface area (Å²) in [5.74, 6) is 0. The fraction of sp³-hybridized carbons (Fsp3) is 1.00. The van der Waals surface area contributed by atoms with Gasteiger partial charge in [0.15, 0.2) is 0 Å². The Balaban J connectivity index is 3.45. The molecule has 0 aromatic heterocycles. The molecule has 0 unspecified atom stereocenters. The fourth-order valence-electron chi connectivity index (χ4n) is 2.38. The van der Waals surface area contributed by atoms with Crippen molar-refractivity contribution in [2.24, 2.45) is 0 Å². The summed E-state index contributed by atoms with van der Waals surface area (Å²) in [6.45, 7) is 7.01. The monoisotopic (exact) mass is 347 g/mol. The third-order valence-electron chi connectivity index (χ3n) is 3.65. The summed E-state index contributed by atoms with van der Waals surface area (Å²) in [7, 11) is 0. The van der Waals surface area contributed by atoms with Crippen LogP contribution in [0, 0.1) is 0 Å². The van der Waals surface area contributed by atoms with Crippen molar-refractivity contribution < 1.29 is 0 Å². The number of hydrogen-bond donors (Lipinski definition) is 0. The van der Waals surface area contributed by atoms with Crippen LogP contribution in [0.1, 0.15) is 85.0 Å². The van der Waals surface area contributed by atoms with Crippen molar-refractivity contribution in [2.75, 3.05) is 0 Å². The number of rotatable bonds is 13. The molecule has 102 valence electrons. The molecule has 0 bridgehead atoms. The van der Waals surface area contributed by atoms with E-state index >= 15 is 0 Å². The van der Waals surface area contributed by atoms with Gasteiger partial charge in [0.1, 0.15) is 0 Å². The molecular formula is C16H35Sn+. The van der Waals surface area contributed by atoms with Crippen molar-refractivity contribution in [1.82, 2.24) is 0 Å². The molecule has 17 heavy (non-hydrogen) atoms. The van der Waals surface area contributed by atoms with Gasteiger partial charge in [0.25, 0.3) is 0 Å². The van der Waals surface area contributed by atoms with Gasteiger partial charge in [0, 0.05) is 0 Å². The molecule has 0 aromatic carbocycles. The summed E-state index contributed by atoms with van der Waals surface area (Å²) in [6, 6.07) is 0. The van der Waals surface area contributed by atoms with Gasteiger partial charge in [0.2, 0.25) is 0 Å². The number of hydrogen-bond acceptors (Lipinski definition) is 0. The zero-order valence-electron chi connectivity index (χ0n) is 12.7. The third kappa shape index (κ3) is 13.0. The van der Waals surface area contributed by atoms with E-state index in [1.54, 1.807) is 19.7 Å². The molecule has 0 fully saturated rings. The molecule has 0 radical (unpaired) electrons. The molecule has 0 aliphatic carbocycles. The van der Waals surface area contributed by atoms with Crippen LogP contribution < -0.4 is 0 Å². The summed E-state index contributed by atoms with van der Waals surface area (Å²) < 4.78 is 5.08. The molecular weight excluding hydrogens is 311 g/mol. The molecule has 0 nitrogen and oxygen atoms in total. The van der Waals surface area contributed by atoms with Gasteiger partial charge in [-0.15, -0.1) is 0 Å². The molecule has 0 amide bonds. The maximum absolute atomic E-state index is 2.35. The summed E-state index contributed by atoms with van der Waals surface area (Å²) in [5.41, 5.74) is 0. The van der Waals surface area contributed by atoms with E-state index in [1.807, 2.05) is 0 Å². The third-order valence-corrected chi connectivity index (χ3v) is 12.7. The average Bonchev–Trinajstić information content (AvgIpc) is 2.35. The average molecular weight is 346 g/mol. The molecule has 0 saturated carbocycles. The maximum atomic E-state index is 2.35. The van der Waals surface area contributed by atoms with Crippen LogP contribution in [0.2, 0.25) is 13.3 Å². The Bertz CT molecular complexity index is 125. The fourth-order valence-corrected chi connectivity index (χ4v) is 11.5. The first kappa shape index (κ1) is 17.8. The van der Waals surface area contributed by atoms with E-state index in [-0.39, 0.29) is 0 Å². The van der Waals surface area contributed by atoms with Crippen LogP contribution in [0.4, 0.5) is 0 Å². The van der Waals surface area contributed by atoms with Crippen LogP contribution in [0.3, 0.4) is 0 Å². The van der Waals surface area contributed by atoms with Crippen molar-refractivity contribution in [2.45, 2.75) is 98.3 Å². The first-order chi connectivity index (χ1) is 8.35. The molecule has 0 spiro atoms. The Morgan fingerprint density at radius 2 is 0.882 bits per heavy atom. The van der Waals surface area contributed by atoms with Crippen LogP contribution in [-0.4, -0.2) is 19.8 Å². The van der Waals surface area contributed by atoms with Crippen molar-refractivity contribution in [3.8, 4) is 0 Å². The summed E-state index contributed by atoms with van der Waals surface area (Å²) in [4.78, 5) is 0. The van der Waals surface area contributed by atoms with Crippen molar-refractivity contribution in [3.05, 3.63) is 0 Å². The second-order valence-electron chi connectivity index (χ2n) is 5.47. The second kappa shape index (κ2) is 14.9. The second-order valence-corrected chi connectivity index (χ2v) is 14.0. The zero-order valence-corrected chi connectivity index (χ0v) is 15.5. The van der Waals surface area contributed by atoms with Crippen molar-refractivity contribution in [1.29, 1.82) is 0 Å². The van der Waals surface area contributed by atoms with Crippen molar-refractivity contribution in [3.63, 3.8) is 0 Å². The Kier molecular flexibility index (Phi) is 15.6. The van der Waals surface area contributed by atoms with E-state index in [0.717, 1.165) is 0 Å². The standard InChI is InChI=1S/C8H17.2C4H9.Sn/c1-3-5-7-8-6-4-2;2*1-3-4-2;/h1,3-8H2,2H3;2*1,3-4H2,2H3;/q;;;+1. The van der Waals surface area contributed by atoms with Gasteiger partial charge in [-0.1, -0.05) is 0 Å². The summed E-state index contributed by atoms with van der Waals surface area (Å²) in [5, 5.41) is 0. The molecule has 0 atom stereocenters. The van der Waals surface area contributed by atoms with Crippen LogP contribution in [0.5, 0.6) is 0 Å². The topological polar surface area (TPSA) is 0 Å². The Morgan fingerprint density at radius 1 is 0.471 bits per heavy atom. The molecule has 0 N–H and O–H groups in total. The molecule has 0 heterocycles. The van der Waals surface area contributed by atoms with Crippen LogP contribution >= 0.6 is 0 Å². The van der Waals surface area contributed by atoms with Crippen LogP contribution in [-0.2, 0) is 0 Å². The van der Waals surface area contributed by atoms with E-state index in [1.165, 1.54) is 57.8 Å². The van der Waals surface area contributed by atoms with E-state index < -0.39 is 19.8 Å². The van der Waals surface area contributed by atoms with Crippen LogP contribution in [0.15, 0.2) is 0 Å². The number of unbranched alkanes of at least 4 members (excludes halogenated alkanes) is 7. The first-order valence-corrected chi connectivity index (χ1v) is 14.2. The molecule has 1 heteroatoms. The minimum atomic E-state index is -0.898. The van der Waals surface area contributed by atoms with Gasteiger partial charge in [-0.25, -0.2) is 0 Å². The van der Waals surface area contributed by atoms with Gasteiger partial charge in [-0.2, -0.15) is 0 Å². The predicted octanol–water partition coefficient (Wildman–Crippen LogP) is 6.44. The Morgan fingerprint density at radius 3 is 1.41 bits per heavy atom. The van der Waals surface area contributed by atoms with Gasteiger partial charge < -0.3 is 0 Å². The summed E-state index contributed by atoms with van der Waals surface area (Å²) >= 11 is -0.898. The van der Waals surface area contributed by atoms with Gasteiger partial charge in [0.05, 0.1) is 0 Å². The Labute approximate surface area is 118 Å². The molecule has 0 aromatic rings.